The minimum atomic E-state index is -0.412. The largest absolute Gasteiger partial charge is 0.377 e. The molecule has 2 saturated heterocycles. The standard InChI is InChI=1S/C24H27FN4O2/c1-15-14-31-8-7-29(15)24(30)21-10-18(25)4-6-19(21)20-5-3-17(9-16-11-26-12-16)23-22(20)13-27-28(23)2/h3-6,10,13,15-16,26H,7-9,11-12,14H2,1-2H3/t15-/m1/s1. The summed E-state index contributed by atoms with van der Waals surface area (Å²) in [6, 6.07) is 8.63. The molecule has 1 aromatic heterocycles. The van der Waals surface area contributed by atoms with Crippen molar-refractivity contribution in [2.45, 2.75) is 19.4 Å². The lowest BCUT2D eigenvalue weighted by Crippen LogP contribution is -2.47. The molecule has 5 rings (SSSR count). The van der Waals surface area contributed by atoms with E-state index in [4.69, 9.17) is 4.74 Å². The van der Waals surface area contributed by atoms with Gasteiger partial charge in [-0.15, -0.1) is 0 Å². The molecule has 3 aromatic rings. The third-order valence-corrected chi connectivity index (χ3v) is 6.49. The zero-order chi connectivity index (χ0) is 21.5. The Kier molecular flexibility index (Phi) is 5.24. The first-order valence-corrected chi connectivity index (χ1v) is 10.9. The van der Waals surface area contributed by atoms with Crippen LogP contribution in [0.1, 0.15) is 22.8 Å². The van der Waals surface area contributed by atoms with Gasteiger partial charge in [0.2, 0.25) is 0 Å². The molecule has 3 heterocycles. The van der Waals surface area contributed by atoms with Crippen LogP contribution in [-0.2, 0) is 18.2 Å². The molecule has 162 valence electrons. The van der Waals surface area contributed by atoms with Gasteiger partial charge in [0.1, 0.15) is 5.82 Å². The number of nitrogens with zero attached hydrogens (tertiary/aromatic N) is 3. The molecule has 2 aliphatic heterocycles. The zero-order valence-electron chi connectivity index (χ0n) is 17.9. The number of halogens is 1. The predicted octanol–water partition coefficient (Wildman–Crippen LogP) is 3.00. The molecule has 0 saturated carbocycles. The van der Waals surface area contributed by atoms with Crippen molar-refractivity contribution < 1.29 is 13.9 Å². The quantitative estimate of drug-likeness (QED) is 0.702. The third-order valence-electron chi connectivity index (χ3n) is 6.49. The highest BCUT2D eigenvalue weighted by atomic mass is 19.1. The molecular weight excluding hydrogens is 395 g/mol. The molecule has 0 unspecified atom stereocenters. The fourth-order valence-electron chi connectivity index (χ4n) is 4.68. The summed E-state index contributed by atoms with van der Waals surface area (Å²) in [5.41, 5.74) is 4.35. The molecule has 1 atom stereocenters. The van der Waals surface area contributed by atoms with E-state index in [1.54, 1.807) is 11.0 Å². The Bertz CT molecular complexity index is 1140. The highest BCUT2D eigenvalue weighted by Crippen LogP contribution is 2.35. The van der Waals surface area contributed by atoms with Crippen molar-refractivity contribution in [1.29, 1.82) is 0 Å². The van der Waals surface area contributed by atoms with Crippen molar-refractivity contribution in [1.82, 2.24) is 20.0 Å². The average molecular weight is 423 g/mol. The van der Waals surface area contributed by atoms with Crippen LogP contribution in [0.5, 0.6) is 0 Å². The Hall–Kier alpha value is -2.77. The number of ether oxygens (including phenoxy) is 1. The minimum Gasteiger partial charge on any atom is -0.377 e. The minimum absolute atomic E-state index is 0.0470. The van der Waals surface area contributed by atoms with E-state index < -0.39 is 5.82 Å². The molecule has 2 aromatic carbocycles. The number of hydrogen-bond donors (Lipinski definition) is 1. The van der Waals surface area contributed by atoms with Gasteiger partial charge in [0.05, 0.1) is 36.5 Å². The Morgan fingerprint density at radius 2 is 2.06 bits per heavy atom. The topological polar surface area (TPSA) is 59.4 Å². The van der Waals surface area contributed by atoms with Gasteiger partial charge in [-0.2, -0.15) is 5.10 Å². The Morgan fingerprint density at radius 3 is 2.81 bits per heavy atom. The summed E-state index contributed by atoms with van der Waals surface area (Å²) < 4.78 is 21.6. The second kappa shape index (κ2) is 8.05. The number of hydrogen-bond acceptors (Lipinski definition) is 4. The number of morpholine rings is 1. The van der Waals surface area contributed by atoms with Crippen LogP contribution in [0.4, 0.5) is 4.39 Å². The second-order valence-electron chi connectivity index (χ2n) is 8.64. The second-order valence-corrected chi connectivity index (χ2v) is 8.64. The maximum atomic E-state index is 14.2. The summed E-state index contributed by atoms with van der Waals surface area (Å²) in [4.78, 5) is 15.2. The smallest absolute Gasteiger partial charge is 0.254 e. The van der Waals surface area contributed by atoms with Crippen LogP contribution >= 0.6 is 0 Å². The van der Waals surface area contributed by atoms with Gasteiger partial charge in [0.15, 0.2) is 0 Å². The molecule has 0 aliphatic carbocycles. The van der Waals surface area contributed by atoms with Gasteiger partial charge in [-0.1, -0.05) is 18.2 Å². The van der Waals surface area contributed by atoms with Gasteiger partial charge in [0, 0.05) is 19.0 Å². The van der Waals surface area contributed by atoms with Crippen LogP contribution in [0, 0.1) is 11.7 Å². The molecule has 1 amide bonds. The lowest BCUT2D eigenvalue weighted by molar-refractivity contribution is 0.00361. The summed E-state index contributed by atoms with van der Waals surface area (Å²) in [5, 5.41) is 8.82. The van der Waals surface area contributed by atoms with Crippen molar-refractivity contribution in [3.8, 4) is 11.1 Å². The van der Waals surface area contributed by atoms with Crippen molar-refractivity contribution in [3.63, 3.8) is 0 Å². The summed E-state index contributed by atoms with van der Waals surface area (Å²) in [7, 11) is 1.95. The van der Waals surface area contributed by atoms with E-state index in [1.807, 2.05) is 24.9 Å². The van der Waals surface area contributed by atoms with Gasteiger partial charge in [-0.3, -0.25) is 9.48 Å². The summed E-state index contributed by atoms with van der Waals surface area (Å²) in [6.07, 6.45) is 2.84. The van der Waals surface area contributed by atoms with Gasteiger partial charge >= 0.3 is 0 Å². The number of rotatable bonds is 4. The van der Waals surface area contributed by atoms with Crippen LogP contribution in [0.2, 0.25) is 0 Å². The Balaban J connectivity index is 1.61. The maximum absolute atomic E-state index is 14.2. The van der Waals surface area contributed by atoms with Crippen LogP contribution in [0.15, 0.2) is 36.5 Å². The van der Waals surface area contributed by atoms with Crippen molar-refractivity contribution in [3.05, 3.63) is 53.5 Å². The molecule has 0 spiro atoms. The SMILES string of the molecule is C[C@@H]1COCCN1C(=O)c1cc(F)ccc1-c1ccc(CC2CNC2)c2c1cnn2C. The van der Waals surface area contributed by atoms with E-state index in [0.29, 0.717) is 31.2 Å². The summed E-state index contributed by atoms with van der Waals surface area (Å²) in [5.74, 6) is 0.0613. The van der Waals surface area contributed by atoms with E-state index in [0.717, 1.165) is 41.5 Å². The number of carbonyl (C=O) groups is 1. The van der Waals surface area contributed by atoms with E-state index >= 15 is 0 Å². The Labute approximate surface area is 181 Å². The monoisotopic (exact) mass is 422 g/mol. The molecule has 6 nitrogen and oxygen atoms in total. The molecular formula is C24H27FN4O2. The maximum Gasteiger partial charge on any atom is 0.254 e. The van der Waals surface area contributed by atoms with E-state index in [9.17, 15) is 9.18 Å². The highest BCUT2D eigenvalue weighted by Gasteiger charge is 2.28. The van der Waals surface area contributed by atoms with E-state index in [-0.39, 0.29) is 11.9 Å². The van der Waals surface area contributed by atoms with Crippen molar-refractivity contribution >= 4 is 16.8 Å². The number of benzene rings is 2. The zero-order valence-corrected chi connectivity index (χ0v) is 17.9. The summed E-state index contributed by atoms with van der Waals surface area (Å²) in [6.45, 7) is 5.53. The fraction of sp³-hybridized carbons (Fsp3) is 0.417. The number of carbonyl (C=O) groups excluding carboxylic acids is 1. The normalized spacial score (nSPS) is 19.6. The lowest BCUT2D eigenvalue weighted by atomic mass is 9.90. The van der Waals surface area contributed by atoms with Gasteiger partial charge in [0.25, 0.3) is 5.91 Å². The first-order chi connectivity index (χ1) is 15.0. The molecule has 2 fully saturated rings. The Morgan fingerprint density at radius 1 is 1.26 bits per heavy atom. The summed E-state index contributed by atoms with van der Waals surface area (Å²) >= 11 is 0. The molecule has 0 bridgehead atoms. The van der Waals surface area contributed by atoms with Crippen LogP contribution in [-0.4, -0.2) is 59.5 Å². The first kappa shape index (κ1) is 20.2. The molecule has 1 N–H and O–H groups in total. The number of fused-ring (bicyclic) bond motifs is 1. The first-order valence-electron chi connectivity index (χ1n) is 10.9. The van der Waals surface area contributed by atoms with Gasteiger partial charge in [-0.05, 0) is 61.2 Å². The third kappa shape index (κ3) is 3.62. The molecule has 31 heavy (non-hydrogen) atoms. The van der Waals surface area contributed by atoms with Crippen molar-refractivity contribution in [2.24, 2.45) is 13.0 Å². The predicted molar refractivity (Wildman–Crippen MR) is 117 cm³/mol. The number of aromatic nitrogens is 2. The number of amides is 1. The fourth-order valence-corrected chi connectivity index (χ4v) is 4.68. The van der Waals surface area contributed by atoms with E-state index in [1.165, 1.54) is 17.7 Å². The van der Waals surface area contributed by atoms with Crippen LogP contribution < -0.4 is 5.32 Å². The van der Waals surface area contributed by atoms with E-state index in [2.05, 4.69) is 22.5 Å². The lowest BCUT2D eigenvalue weighted by Gasteiger charge is -2.34. The number of nitrogens with one attached hydrogen (secondary N) is 1. The number of aryl methyl sites for hydroxylation is 1. The van der Waals surface area contributed by atoms with Gasteiger partial charge in [-0.25, -0.2) is 4.39 Å². The molecule has 2 aliphatic rings. The molecule has 0 radical (unpaired) electrons. The van der Waals surface area contributed by atoms with Gasteiger partial charge < -0.3 is 15.0 Å². The highest BCUT2D eigenvalue weighted by molar-refractivity contribution is 6.06. The van der Waals surface area contributed by atoms with Crippen LogP contribution in [0.25, 0.3) is 22.0 Å². The van der Waals surface area contributed by atoms with Crippen LogP contribution in [0.3, 0.4) is 0 Å². The van der Waals surface area contributed by atoms with Crippen molar-refractivity contribution in [2.75, 3.05) is 32.8 Å². The molecule has 7 heteroatoms. The average Bonchev–Trinajstić information content (AvgIpc) is 3.13.